The summed E-state index contributed by atoms with van der Waals surface area (Å²) in [5, 5.41) is 2.03. The minimum absolute atomic E-state index is 0.141. The van der Waals surface area contributed by atoms with Crippen LogP contribution in [-0.4, -0.2) is 35.3 Å². The number of amides is 2. The third-order valence-corrected chi connectivity index (χ3v) is 4.94. The van der Waals surface area contributed by atoms with Crippen molar-refractivity contribution in [3.8, 4) is 0 Å². The van der Waals surface area contributed by atoms with Crippen molar-refractivity contribution < 1.29 is 18.0 Å². The average Bonchev–Trinajstić information content (AvgIpc) is 2.68. The fourth-order valence-corrected chi connectivity index (χ4v) is 3.82. The van der Waals surface area contributed by atoms with Crippen LogP contribution in [0.25, 0.3) is 0 Å². The maximum absolute atomic E-state index is 12.1. The van der Waals surface area contributed by atoms with Gasteiger partial charge in [-0.1, -0.05) is 0 Å². The summed E-state index contributed by atoms with van der Waals surface area (Å²) in [6, 6.07) is 0. The lowest BCUT2D eigenvalue weighted by molar-refractivity contribution is -0.151. The van der Waals surface area contributed by atoms with Gasteiger partial charge in [0.05, 0.1) is 6.33 Å². The maximum Gasteiger partial charge on any atom is 0.260 e. The van der Waals surface area contributed by atoms with Crippen LogP contribution in [0.2, 0.25) is 0 Å². The number of carbonyl (C=O) groups excluding carboxylic acids is 2. The quantitative estimate of drug-likeness (QED) is 0.657. The number of imidazole rings is 1. The van der Waals surface area contributed by atoms with Gasteiger partial charge in [-0.15, -0.1) is 0 Å². The molecule has 4 rings (SSSR count). The molecule has 1 aliphatic carbocycles. The van der Waals surface area contributed by atoms with Crippen LogP contribution in [0, 0.1) is 5.92 Å². The van der Waals surface area contributed by atoms with Gasteiger partial charge < -0.3 is 4.57 Å². The fourth-order valence-electron chi connectivity index (χ4n) is 2.45. The molecule has 102 valence electrons. The summed E-state index contributed by atoms with van der Waals surface area (Å²) in [6.07, 6.45) is 3.13. The van der Waals surface area contributed by atoms with E-state index in [-0.39, 0.29) is 29.7 Å². The van der Waals surface area contributed by atoms with Crippen molar-refractivity contribution in [1.82, 2.24) is 19.6 Å². The monoisotopic (exact) mass is 284 g/mol. The first kappa shape index (κ1) is 12.3. The van der Waals surface area contributed by atoms with Crippen LogP contribution in [-0.2, 0) is 26.7 Å². The van der Waals surface area contributed by atoms with Crippen molar-refractivity contribution in [2.75, 3.05) is 0 Å². The lowest BCUT2D eigenvalue weighted by Crippen LogP contribution is -2.73. The van der Waals surface area contributed by atoms with Gasteiger partial charge in [-0.25, -0.2) is 13.4 Å². The first-order chi connectivity index (χ1) is 8.82. The van der Waals surface area contributed by atoms with E-state index >= 15 is 0 Å². The number of carbonyl (C=O) groups is 2. The normalized spacial score (nSPS) is 29.8. The number of rotatable bonds is 3. The van der Waals surface area contributed by atoms with Gasteiger partial charge in [0, 0.05) is 19.2 Å². The molecule has 3 aliphatic rings. The van der Waals surface area contributed by atoms with Crippen LogP contribution < -0.4 is 10.0 Å². The van der Waals surface area contributed by atoms with E-state index in [2.05, 4.69) is 15.0 Å². The Morgan fingerprint density at radius 3 is 2.68 bits per heavy atom. The van der Waals surface area contributed by atoms with Crippen molar-refractivity contribution in [1.29, 1.82) is 0 Å². The van der Waals surface area contributed by atoms with Gasteiger partial charge in [-0.3, -0.25) is 14.9 Å². The number of aryl methyl sites for hydroxylation is 1. The highest BCUT2D eigenvalue weighted by atomic mass is 32.2. The Hall–Kier alpha value is -1.74. The molecule has 2 aliphatic heterocycles. The van der Waals surface area contributed by atoms with Crippen LogP contribution >= 0.6 is 0 Å². The van der Waals surface area contributed by atoms with Crippen molar-refractivity contribution in [3.63, 3.8) is 0 Å². The number of fused-ring (bicyclic) bond motifs is 2. The first-order valence-corrected chi connectivity index (χ1v) is 7.18. The van der Waals surface area contributed by atoms with Gasteiger partial charge in [0.2, 0.25) is 11.8 Å². The number of sulfonamides is 1. The Bertz CT molecular complexity index is 671. The summed E-state index contributed by atoms with van der Waals surface area (Å²) in [4.78, 5) is 26.8. The number of imide groups is 1. The maximum atomic E-state index is 12.1. The summed E-state index contributed by atoms with van der Waals surface area (Å²) < 4.78 is 28.1. The number of hydrogen-bond acceptors (Lipinski definition) is 5. The molecule has 1 aromatic heterocycles. The Kier molecular flexibility index (Phi) is 2.36. The van der Waals surface area contributed by atoms with E-state index in [0.717, 1.165) is 0 Å². The topological polar surface area (TPSA) is 110 Å². The summed E-state index contributed by atoms with van der Waals surface area (Å²) in [7, 11) is -2.22. The zero-order chi connectivity index (χ0) is 13.8. The van der Waals surface area contributed by atoms with E-state index in [4.69, 9.17) is 0 Å². The van der Waals surface area contributed by atoms with Gasteiger partial charge in [-0.05, 0) is 12.8 Å². The number of aromatic nitrogens is 2. The van der Waals surface area contributed by atoms with Crippen molar-refractivity contribution in [3.05, 3.63) is 12.5 Å². The molecule has 0 radical (unpaired) electrons. The molecule has 1 aromatic rings. The molecule has 3 heterocycles. The molecule has 2 bridgehead atoms. The summed E-state index contributed by atoms with van der Waals surface area (Å²) in [6.45, 7) is 0. The summed E-state index contributed by atoms with van der Waals surface area (Å²) in [5.41, 5.74) is -1.20. The smallest absolute Gasteiger partial charge is 0.260 e. The van der Waals surface area contributed by atoms with E-state index in [1.807, 2.05) is 0 Å². The highest BCUT2D eigenvalue weighted by molar-refractivity contribution is 7.89. The van der Waals surface area contributed by atoms with Crippen molar-refractivity contribution >= 4 is 21.8 Å². The first-order valence-electron chi connectivity index (χ1n) is 5.70. The molecule has 0 unspecified atom stereocenters. The Labute approximate surface area is 109 Å². The predicted molar refractivity (Wildman–Crippen MR) is 62.1 cm³/mol. The molecule has 19 heavy (non-hydrogen) atoms. The van der Waals surface area contributed by atoms with Crippen molar-refractivity contribution in [2.45, 2.75) is 23.4 Å². The minimum atomic E-state index is -3.86. The molecule has 0 aromatic carbocycles. The van der Waals surface area contributed by atoms with E-state index in [0.29, 0.717) is 0 Å². The summed E-state index contributed by atoms with van der Waals surface area (Å²) >= 11 is 0. The number of hydrogen-bond donors (Lipinski definition) is 2. The molecular weight excluding hydrogens is 272 g/mol. The summed E-state index contributed by atoms with van der Waals surface area (Å²) in [5.74, 6) is -1.20. The molecule has 1 saturated carbocycles. The fraction of sp³-hybridized carbons (Fsp3) is 0.500. The lowest BCUT2D eigenvalue weighted by atomic mass is 9.65. The van der Waals surface area contributed by atoms with E-state index in [1.54, 1.807) is 7.05 Å². The Morgan fingerprint density at radius 1 is 1.47 bits per heavy atom. The third-order valence-electron chi connectivity index (χ3n) is 3.52. The molecule has 2 N–H and O–H groups in total. The van der Waals surface area contributed by atoms with Crippen LogP contribution in [0.15, 0.2) is 17.6 Å². The number of nitrogens with one attached hydrogen (secondary N) is 2. The Morgan fingerprint density at radius 2 is 2.16 bits per heavy atom. The standard InChI is InChI=1S/C10H12N4O4S/c1-14-4-7(11-5-14)19(17,18)13-10-2-6(3-10)8(15)12-9(10)16/h4-6,13H,2-3H2,1H3,(H,12,15,16). The number of piperidine rings is 2. The van der Waals surface area contributed by atoms with Gasteiger partial charge in [-0.2, -0.15) is 4.72 Å². The van der Waals surface area contributed by atoms with Gasteiger partial charge in [0.1, 0.15) is 5.54 Å². The lowest BCUT2D eigenvalue weighted by Gasteiger charge is -2.49. The molecular formula is C10H12N4O4S. The average molecular weight is 284 g/mol. The zero-order valence-electron chi connectivity index (χ0n) is 10.1. The molecule has 2 amide bonds. The molecule has 0 atom stereocenters. The van der Waals surface area contributed by atoms with Gasteiger partial charge >= 0.3 is 0 Å². The van der Waals surface area contributed by atoms with E-state index < -0.39 is 21.5 Å². The van der Waals surface area contributed by atoms with Crippen molar-refractivity contribution in [2.24, 2.45) is 13.0 Å². The van der Waals surface area contributed by atoms with E-state index in [9.17, 15) is 18.0 Å². The second-order valence-corrected chi connectivity index (χ2v) is 6.62. The van der Waals surface area contributed by atoms with Crippen LogP contribution in [0.3, 0.4) is 0 Å². The molecule has 8 nitrogen and oxygen atoms in total. The molecule has 2 saturated heterocycles. The van der Waals surface area contributed by atoms with Crippen LogP contribution in [0.1, 0.15) is 12.8 Å². The molecule has 3 fully saturated rings. The zero-order valence-corrected chi connectivity index (χ0v) is 10.9. The minimum Gasteiger partial charge on any atom is -0.339 e. The number of nitrogens with zero attached hydrogens (tertiary/aromatic N) is 2. The second kappa shape index (κ2) is 3.64. The Balaban J connectivity index is 1.86. The molecule has 0 spiro atoms. The van der Waals surface area contributed by atoms with Crippen LogP contribution in [0.4, 0.5) is 0 Å². The van der Waals surface area contributed by atoms with Gasteiger partial charge in [0.25, 0.3) is 10.0 Å². The molecule has 9 heteroatoms. The second-order valence-electron chi connectivity index (χ2n) is 4.99. The predicted octanol–water partition coefficient (Wildman–Crippen LogP) is -1.50. The van der Waals surface area contributed by atoms with Gasteiger partial charge in [0.15, 0.2) is 5.03 Å². The highest BCUT2D eigenvalue weighted by Crippen LogP contribution is 2.42. The largest absolute Gasteiger partial charge is 0.339 e. The third kappa shape index (κ3) is 1.77. The highest BCUT2D eigenvalue weighted by Gasteiger charge is 2.59. The van der Waals surface area contributed by atoms with E-state index in [1.165, 1.54) is 17.1 Å². The SMILES string of the molecule is Cn1cnc(S(=O)(=O)NC23CC(C2)C(=O)NC3=O)c1. The van der Waals surface area contributed by atoms with Crippen LogP contribution in [0.5, 0.6) is 0 Å².